The SMILES string of the molecule is NCC1(C(=O)NC2(CC(=O)O)CCC2)CCCC1. The Hall–Kier alpha value is -1.10. The zero-order valence-electron chi connectivity index (χ0n) is 10.7. The maximum atomic E-state index is 12.4. The predicted molar refractivity (Wildman–Crippen MR) is 66.9 cm³/mol. The standard InChI is InChI=1S/C13H22N2O3/c14-9-12(4-1-2-5-12)11(18)15-13(6-3-7-13)8-10(16)17/h1-9,14H2,(H,15,18)(H,16,17). The van der Waals surface area contributed by atoms with E-state index in [1.54, 1.807) is 0 Å². The summed E-state index contributed by atoms with van der Waals surface area (Å²) in [7, 11) is 0. The molecule has 2 aliphatic carbocycles. The highest BCUT2D eigenvalue weighted by Crippen LogP contribution is 2.40. The fourth-order valence-electron chi connectivity index (χ4n) is 3.19. The Morgan fingerprint density at radius 3 is 2.11 bits per heavy atom. The normalized spacial score (nSPS) is 24.3. The maximum absolute atomic E-state index is 12.4. The third-order valence-electron chi connectivity index (χ3n) is 4.61. The Morgan fingerprint density at radius 1 is 1.11 bits per heavy atom. The molecule has 18 heavy (non-hydrogen) atoms. The van der Waals surface area contributed by atoms with Crippen LogP contribution in [-0.2, 0) is 9.59 Å². The van der Waals surface area contributed by atoms with E-state index in [9.17, 15) is 9.59 Å². The first kappa shape index (κ1) is 13.3. The third-order valence-corrected chi connectivity index (χ3v) is 4.61. The van der Waals surface area contributed by atoms with Crippen molar-refractivity contribution >= 4 is 11.9 Å². The molecule has 0 aromatic rings. The number of carboxylic acid groups (broad SMARTS) is 1. The molecule has 2 aliphatic rings. The fourth-order valence-corrected chi connectivity index (χ4v) is 3.19. The zero-order valence-corrected chi connectivity index (χ0v) is 10.7. The summed E-state index contributed by atoms with van der Waals surface area (Å²) in [5.74, 6) is -0.869. The van der Waals surface area contributed by atoms with Gasteiger partial charge in [-0.15, -0.1) is 0 Å². The summed E-state index contributed by atoms with van der Waals surface area (Å²) in [6.07, 6.45) is 6.30. The van der Waals surface area contributed by atoms with Crippen molar-refractivity contribution in [1.29, 1.82) is 0 Å². The van der Waals surface area contributed by atoms with Crippen molar-refractivity contribution < 1.29 is 14.7 Å². The highest BCUT2D eigenvalue weighted by Gasteiger charge is 2.46. The molecule has 2 fully saturated rings. The number of nitrogens with two attached hydrogens (primary N) is 1. The first-order chi connectivity index (χ1) is 8.52. The van der Waals surface area contributed by atoms with Gasteiger partial charge in [-0.3, -0.25) is 9.59 Å². The van der Waals surface area contributed by atoms with Crippen LogP contribution in [0.3, 0.4) is 0 Å². The van der Waals surface area contributed by atoms with E-state index in [4.69, 9.17) is 10.8 Å². The number of nitrogens with one attached hydrogen (secondary N) is 1. The molecular weight excluding hydrogens is 232 g/mol. The molecule has 0 bridgehead atoms. The van der Waals surface area contributed by atoms with Crippen LogP contribution in [0.2, 0.25) is 0 Å². The molecule has 2 saturated carbocycles. The molecule has 2 rings (SSSR count). The first-order valence-corrected chi connectivity index (χ1v) is 6.76. The number of hydrogen-bond donors (Lipinski definition) is 3. The van der Waals surface area contributed by atoms with E-state index in [0.29, 0.717) is 6.54 Å². The van der Waals surface area contributed by atoms with Crippen LogP contribution in [0.15, 0.2) is 0 Å². The molecule has 5 nitrogen and oxygen atoms in total. The molecule has 0 radical (unpaired) electrons. The Bertz CT molecular complexity index is 344. The van der Waals surface area contributed by atoms with Gasteiger partial charge < -0.3 is 16.2 Å². The van der Waals surface area contributed by atoms with Gasteiger partial charge in [0.25, 0.3) is 0 Å². The van der Waals surface area contributed by atoms with Crippen molar-refractivity contribution in [3.05, 3.63) is 0 Å². The minimum absolute atomic E-state index is 0.0246. The summed E-state index contributed by atoms with van der Waals surface area (Å²) in [4.78, 5) is 23.3. The summed E-state index contributed by atoms with van der Waals surface area (Å²) >= 11 is 0. The van der Waals surface area contributed by atoms with Gasteiger partial charge in [-0.2, -0.15) is 0 Å². The van der Waals surface area contributed by atoms with Crippen LogP contribution in [-0.4, -0.2) is 29.1 Å². The second-order valence-corrected chi connectivity index (χ2v) is 5.85. The minimum Gasteiger partial charge on any atom is -0.481 e. The molecule has 0 spiro atoms. The topological polar surface area (TPSA) is 92.4 Å². The van der Waals surface area contributed by atoms with E-state index in [0.717, 1.165) is 44.9 Å². The molecule has 0 aliphatic heterocycles. The van der Waals surface area contributed by atoms with Crippen LogP contribution in [0, 0.1) is 5.41 Å². The lowest BCUT2D eigenvalue weighted by molar-refractivity contribution is -0.141. The number of carbonyl (C=O) groups is 2. The summed E-state index contributed by atoms with van der Waals surface area (Å²) in [5.41, 5.74) is 4.82. The summed E-state index contributed by atoms with van der Waals surface area (Å²) < 4.78 is 0. The molecule has 0 unspecified atom stereocenters. The van der Waals surface area contributed by atoms with E-state index < -0.39 is 16.9 Å². The average molecular weight is 254 g/mol. The van der Waals surface area contributed by atoms with Crippen LogP contribution in [0.4, 0.5) is 0 Å². The van der Waals surface area contributed by atoms with E-state index in [-0.39, 0.29) is 12.3 Å². The maximum Gasteiger partial charge on any atom is 0.305 e. The van der Waals surface area contributed by atoms with E-state index in [1.807, 2.05) is 0 Å². The Morgan fingerprint density at radius 2 is 1.72 bits per heavy atom. The van der Waals surface area contributed by atoms with Crippen LogP contribution in [0.5, 0.6) is 0 Å². The molecule has 102 valence electrons. The largest absolute Gasteiger partial charge is 0.481 e. The van der Waals surface area contributed by atoms with Gasteiger partial charge in [0, 0.05) is 6.54 Å². The first-order valence-electron chi connectivity index (χ1n) is 6.76. The Labute approximate surface area is 107 Å². The number of amides is 1. The zero-order chi connectivity index (χ0) is 13.2. The van der Waals surface area contributed by atoms with Crippen LogP contribution in [0.1, 0.15) is 51.4 Å². The molecule has 0 heterocycles. The molecule has 4 N–H and O–H groups in total. The van der Waals surface area contributed by atoms with Gasteiger partial charge in [0.05, 0.1) is 17.4 Å². The second-order valence-electron chi connectivity index (χ2n) is 5.85. The third kappa shape index (κ3) is 2.36. The quantitative estimate of drug-likeness (QED) is 0.683. The van der Waals surface area contributed by atoms with Gasteiger partial charge in [0.2, 0.25) is 5.91 Å². The van der Waals surface area contributed by atoms with Gasteiger partial charge in [-0.1, -0.05) is 12.8 Å². The lowest BCUT2D eigenvalue weighted by atomic mass is 9.73. The van der Waals surface area contributed by atoms with Crippen molar-refractivity contribution in [3.63, 3.8) is 0 Å². The highest BCUT2D eigenvalue weighted by atomic mass is 16.4. The lowest BCUT2D eigenvalue weighted by Gasteiger charge is -2.43. The Kier molecular flexibility index (Phi) is 3.61. The molecule has 1 amide bonds. The number of hydrogen-bond acceptors (Lipinski definition) is 3. The average Bonchev–Trinajstić information content (AvgIpc) is 2.75. The number of carbonyl (C=O) groups excluding carboxylic acids is 1. The fraction of sp³-hybridized carbons (Fsp3) is 0.846. The summed E-state index contributed by atoms with van der Waals surface area (Å²) in [6.45, 7) is 0.363. The molecule has 0 atom stereocenters. The molecule has 0 saturated heterocycles. The van der Waals surface area contributed by atoms with Crippen LogP contribution >= 0.6 is 0 Å². The van der Waals surface area contributed by atoms with Crippen LogP contribution < -0.4 is 11.1 Å². The van der Waals surface area contributed by atoms with E-state index in [2.05, 4.69) is 5.32 Å². The monoisotopic (exact) mass is 254 g/mol. The van der Waals surface area contributed by atoms with Crippen molar-refractivity contribution in [1.82, 2.24) is 5.32 Å². The van der Waals surface area contributed by atoms with Crippen molar-refractivity contribution in [3.8, 4) is 0 Å². The minimum atomic E-state index is -0.844. The highest BCUT2D eigenvalue weighted by molar-refractivity contribution is 5.84. The van der Waals surface area contributed by atoms with Crippen molar-refractivity contribution in [2.75, 3.05) is 6.54 Å². The van der Waals surface area contributed by atoms with Crippen LogP contribution in [0.25, 0.3) is 0 Å². The Balaban J connectivity index is 2.03. The van der Waals surface area contributed by atoms with Gasteiger partial charge in [0.1, 0.15) is 0 Å². The number of carboxylic acids is 1. The van der Waals surface area contributed by atoms with Gasteiger partial charge in [-0.25, -0.2) is 0 Å². The smallest absolute Gasteiger partial charge is 0.305 e. The predicted octanol–water partition coefficient (Wildman–Crippen LogP) is 1.02. The van der Waals surface area contributed by atoms with Gasteiger partial charge >= 0.3 is 5.97 Å². The van der Waals surface area contributed by atoms with Crippen molar-refractivity contribution in [2.24, 2.45) is 11.1 Å². The molecule has 5 heteroatoms. The van der Waals surface area contributed by atoms with Crippen molar-refractivity contribution in [2.45, 2.75) is 56.9 Å². The van der Waals surface area contributed by atoms with E-state index in [1.165, 1.54) is 0 Å². The van der Waals surface area contributed by atoms with E-state index >= 15 is 0 Å². The molecule has 0 aromatic carbocycles. The second kappa shape index (κ2) is 4.88. The van der Waals surface area contributed by atoms with Gasteiger partial charge in [0.15, 0.2) is 0 Å². The number of aliphatic carboxylic acids is 1. The molecular formula is C13H22N2O3. The lowest BCUT2D eigenvalue weighted by Crippen LogP contribution is -2.59. The summed E-state index contributed by atoms with van der Waals surface area (Å²) in [6, 6.07) is 0. The van der Waals surface area contributed by atoms with Gasteiger partial charge in [-0.05, 0) is 32.1 Å². The summed E-state index contributed by atoms with van der Waals surface area (Å²) in [5, 5.41) is 11.9. The molecule has 0 aromatic heterocycles. The number of rotatable bonds is 5.